The molecule has 8 rings (SSSR count). The van der Waals surface area contributed by atoms with Crippen molar-refractivity contribution in [3.8, 4) is 23.0 Å². The van der Waals surface area contributed by atoms with Gasteiger partial charge < -0.3 is 9.30 Å². The molecule has 0 aliphatic carbocycles. The first-order valence-corrected chi connectivity index (χ1v) is 14.9. The molecule has 4 nitrogen and oxygen atoms in total. The average Bonchev–Trinajstić information content (AvgIpc) is 3.49. The van der Waals surface area contributed by atoms with Gasteiger partial charge in [-0.15, -0.1) is 0 Å². The molecule has 0 atom stereocenters. The van der Waals surface area contributed by atoms with E-state index in [0.29, 0.717) is 10.0 Å². The summed E-state index contributed by atoms with van der Waals surface area (Å²) in [7, 11) is 0. The predicted molar refractivity (Wildman–Crippen MR) is 177 cm³/mol. The first kappa shape index (κ1) is 25.4. The monoisotopic (exact) mass is 647 g/mol. The molecule has 0 N–H and O–H groups in total. The summed E-state index contributed by atoms with van der Waals surface area (Å²) >= 11 is 17.1. The number of halogens is 3. The molecule has 42 heavy (non-hydrogen) atoms. The smallest absolute Gasteiger partial charge is 0.139 e. The summed E-state index contributed by atoms with van der Waals surface area (Å²) < 4.78 is 11.6. The summed E-state index contributed by atoms with van der Waals surface area (Å²) in [6.45, 7) is 0. The summed E-state index contributed by atoms with van der Waals surface area (Å²) in [6.07, 6.45) is 1.94. The molecule has 0 radical (unpaired) electrons. The Bertz CT molecular complexity index is 2320. The Morgan fingerprint density at radius 2 is 1.17 bits per heavy atom. The Labute approximate surface area is 259 Å². The third-order valence-corrected chi connectivity index (χ3v) is 8.71. The van der Waals surface area contributed by atoms with Crippen molar-refractivity contribution >= 4 is 82.7 Å². The molecular weight excluding hydrogens is 629 g/mol. The zero-order chi connectivity index (χ0) is 28.4. The molecule has 5 aromatic carbocycles. The topological polar surface area (TPSA) is 32.0 Å². The van der Waals surface area contributed by atoms with E-state index in [9.17, 15) is 0 Å². The van der Waals surface area contributed by atoms with Crippen molar-refractivity contribution in [2.75, 3.05) is 0 Å². The molecule has 0 unspecified atom stereocenters. The maximum absolute atomic E-state index is 6.77. The first-order valence-electron chi connectivity index (χ1n) is 13.4. The summed E-state index contributed by atoms with van der Waals surface area (Å²) in [6, 6.07) is 38.4. The number of para-hydroxylation sites is 3. The van der Waals surface area contributed by atoms with Gasteiger partial charge in [-0.25, -0.2) is 4.98 Å². The van der Waals surface area contributed by atoms with E-state index in [4.69, 9.17) is 32.9 Å². The highest BCUT2D eigenvalue weighted by Crippen LogP contribution is 2.40. The van der Waals surface area contributed by atoms with Crippen molar-refractivity contribution < 1.29 is 4.74 Å². The van der Waals surface area contributed by atoms with E-state index in [1.54, 1.807) is 0 Å². The van der Waals surface area contributed by atoms with E-state index in [0.717, 1.165) is 71.1 Å². The van der Waals surface area contributed by atoms with Crippen molar-refractivity contribution in [3.63, 3.8) is 0 Å². The van der Waals surface area contributed by atoms with Crippen LogP contribution in [0.5, 0.6) is 11.5 Å². The Kier molecular flexibility index (Phi) is 6.00. The van der Waals surface area contributed by atoms with Crippen LogP contribution in [0, 0.1) is 0 Å². The van der Waals surface area contributed by atoms with Gasteiger partial charge in [0.1, 0.15) is 17.3 Å². The van der Waals surface area contributed by atoms with Crippen LogP contribution in [-0.4, -0.2) is 14.1 Å². The second kappa shape index (κ2) is 9.92. The molecule has 0 fully saturated rings. The Balaban J connectivity index is 1.41. The van der Waals surface area contributed by atoms with Gasteiger partial charge in [0, 0.05) is 44.3 Å². The van der Waals surface area contributed by atoms with Crippen LogP contribution in [-0.2, 0) is 0 Å². The summed E-state index contributed by atoms with van der Waals surface area (Å²) in [4.78, 5) is 5.01. The third-order valence-electron chi connectivity index (χ3n) is 7.61. The lowest BCUT2D eigenvalue weighted by molar-refractivity contribution is 0.483. The SMILES string of the molecule is Clc1cccc(Cl)c1-n1c2ccccc2c2cnc(-n3c4ccccc4c4ccc(Oc5cccc(Br)c5)cc43)cc21. The van der Waals surface area contributed by atoms with Crippen LogP contribution in [0.15, 0.2) is 126 Å². The van der Waals surface area contributed by atoms with Crippen LogP contribution in [0.3, 0.4) is 0 Å². The maximum Gasteiger partial charge on any atom is 0.139 e. The average molecular weight is 649 g/mol. The van der Waals surface area contributed by atoms with Crippen molar-refractivity contribution in [2.24, 2.45) is 0 Å². The van der Waals surface area contributed by atoms with Crippen molar-refractivity contribution in [3.05, 3.63) is 136 Å². The fourth-order valence-corrected chi connectivity index (χ4v) is 6.79. The number of ether oxygens (including phenoxy) is 1. The highest BCUT2D eigenvalue weighted by Gasteiger charge is 2.20. The van der Waals surface area contributed by atoms with Crippen LogP contribution < -0.4 is 4.74 Å². The van der Waals surface area contributed by atoms with Crippen LogP contribution in [0.2, 0.25) is 10.0 Å². The van der Waals surface area contributed by atoms with Crippen LogP contribution in [0.4, 0.5) is 0 Å². The minimum Gasteiger partial charge on any atom is -0.457 e. The number of hydrogen-bond acceptors (Lipinski definition) is 2. The molecule has 3 aromatic heterocycles. The fourth-order valence-electron chi connectivity index (χ4n) is 5.85. The van der Waals surface area contributed by atoms with Crippen molar-refractivity contribution in [1.29, 1.82) is 0 Å². The van der Waals surface area contributed by atoms with E-state index in [1.165, 1.54) is 0 Å². The van der Waals surface area contributed by atoms with E-state index < -0.39 is 0 Å². The van der Waals surface area contributed by atoms with E-state index in [-0.39, 0.29) is 0 Å². The largest absolute Gasteiger partial charge is 0.457 e. The number of rotatable bonds is 4. The molecule has 0 bridgehead atoms. The molecule has 0 spiro atoms. The Morgan fingerprint density at radius 3 is 1.93 bits per heavy atom. The Hall–Kier alpha value is -4.29. The number of aromatic nitrogens is 3. The zero-order valence-electron chi connectivity index (χ0n) is 21.9. The molecule has 202 valence electrons. The first-order chi connectivity index (χ1) is 20.6. The Morgan fingerprint density at radius 1 is 0.548 bits per heavy atom. The second-order valence-electron chi connectivity index (χ2n) is 10.1. The van der Waals surface area contributed by atoms with Crippen molar-refractivity contribution in [2.45, 2.75) is 0 Å². The summed E-state index contributed by atoms with van der Waals surface area (Å²) in [5.74, 6) is 2.27. The van der Waals surface area contributed by atoms with Crippen molar-refractivity contribution in [1.82, 2.24) is 14.1 Å². The van der Waals surface area contributed by atoms with Crippen LogP contribution in [0.1, 0.15) is 0 Å². The molecule has 0 amide bonds. The van der Waals surface area contributed by atoms with Gasteiger partial charge in [-0.3, -0.25) is 4.57 Å². The van der Waals surface area contributed by atoms with Crippen LogP contribution >= 0.6 is 39.1 Å². The lowest BCUT2D eigenvalue weighted by atomic mass is 10.1. The molecule has 3 heterocycles. The number of fused-ring (bicyclic) bond motifs is 6. The quantitative estimate of drug-likeness (QED) is 0.190. The molecule has 0 saturated carbocycles. The van der Waals surface area contributed by atoms with Gasteiger partial charge in [0.05, 0.1) is 37.8 Å². The highest BCUT2D eigenvalue weighted by atomic mass is 79.9. The lowest BCUT2D eigenvalue weighted by Crippen LogP contribution is -2.00. The van der Waals surface area contributed by atoms with Gasteiger partial charge >= 0.3 is 0 Å². The number of benzene rings is 5. The predicted octanol–water partition coefficient (Wildman–Crippen LogP) is 11.1. The number of nitrogens with zero attached hydrogens (tertiary/aromatic N) is 3. The van der Waals surface area contributed by atoms with Gasteiger partial charge in [-0.2, -0.15) is 0 Å². The number of hydrogen-bond donors (Lipinski definition) is 0. The van der Waals surface area contributed by atoms with E-state index >= 15 is 0 Å². The summed E-state index contributed by atoms with van der Waals surface area (Å²) in [5, 5.41) is 5.51. The van der Waals surface area contributed by atoms with Gasteiger partial charge in [-0.05, 0) is 54.6 Å². The third kappa shape index (κ3) is 4.00. The molecule has 7 heteroatoms. The van der Waals surface area contributed by atoms with E-state index in [2.05, 4.69) is 79.7 Å². The van der Waals surface area contributed by atoms with Gasteiger partial charge in [0.2, 0.25) is 0 Å². The van der Waals surface area contributed by atoms with Gasteiger partial charge in [0.25, 0.3) is 0 Å². The molecule has 8 aromatic rings. The number of pyridine rings is 1. The minimum atomic E-state index is 0.578. The molecule has 0 aliphatic heterocycles. The molecular formula is C35H20BrCl2N3O. The fraction of sp³-hybridized carbons (Fsp3) is 0. The van der Waals surface area contributed by atoms with Gasteiger partial charge in [-0.1, -0.05) is 87.7 Å². The maximum atomic E-state index is 6.77. The second-order valence-corrected chi connectivity index (χ2v) is 11.8. The normalized spacial score (nSPS) is 11.7. The van der Waals surface area contributed by atoms with Gasteiger partial charge in [0.15, 0.2) is 0 Å². The van der Waals surface area contributed by atoms with E-state index in [1.807, 2.05) is 66.9 Å². The standard InChI is InChI=1S/C35H20BrCl2N3O/c36-21-7-5-8-22(17-21)42-23-15-16-26-24-9-1-3-13-30(24)40(32(26)18-23)34-19-33-27(20-39-34)25-10-2-4-14-31(25)41(33)35-28(37)11-6-12-29(35)38/h1-20H. The lowest BCUT2D eigenvalue weighted by Gasteiger charge is -2.13. The highest BCUT2D eigenvalue weighted by molar-refractivity contribution is 9.10. The molecule has 0 saturated heterocycles. The zero-order valence-corrected chi connectivity index (χ0v) is 25.0. The molecule has 0 aliphatic rings. The summed E-state index contributed by atoms with van der Waals surface area (Å²) in [5.41, 5.74) is 4.76. The minimum absolute atomic E-state index is 0.578. The van der Waals surface area contributed by atoms with Crippen LogP contribution in [0.25, 0.3) is 55.1 Å².